The Morgan fingerprint density at radius 2 is 1.68 bits per heavy atom. The van der Waals surface area contributed by atoms with Gasteiger partial charge in [0.25, 0.3) is 0 Å². The highest BCUT2D eigenvalue weighted by atomic mass is 16.5. The minimum Gasteiger partial charge on any atom is -0.470 e. The lowest BCUT2D eigenvalue weighted by Gasteiger charge is -2.55. The lowest BCUT2D eigenvalue weighted by Crippen LogP contribution is -2.53. The van der Waals surface area contributed by atoms with Crippen LogP contribution in [0, 0.1) is 17.8 Å². The Bertz CT molecular complexity index is 435. The third-order valence-corrected chi connectivity index (χ3v) is 5.21. The van der Waals surface area contributed by atoms with Gasteiger partial charge in [-0.15, -0.1) is 5.10 Å². The lowest BCUT2D eigenvalue weighted by molar-refractivity contribution is -0.109. The van der Waals surface area contributed by atoms with Gasteiger partial charge in [0.1, 0.15) is 5.60 Å². The Balaban J connectivity index is 1.55. The summed E-state index contributed by atoms with van der Waals surface area (Å²) < 4.78 is 6.30. The van der Waals surface area contributed by atoms with Crippen LogP contribution in [0.15, 0.2) is 12.1 Å². The molecule has 0 unspecified atom stereocenters. The molecule has 4 nitrogen and oxygen atoms in total. The standard InChI is InChI=1S/C15H21N3O/c16-9-13-1-2-14(18-17-13)19-15-6-10-3-11(7-15)5-12(4-10)8-15/h1-2,10-12H,3-9,16H2. The molecular formula is C15H21N3O. The smallest absolute Gasteiger partial charge is 0.233 e. The third kappa shape index (κ3) is 2.02. The average molecular weight is 259 g/mol. The van der Waals surface area contributed by atoms with Crippen LogP contribution in [-0.2, 0) is 6.54 Å². The molecule has 4 saturated carbocycles. The Morgan fingerprint density at radius 1 is 1.05 bits per heavy atom. The van der Waals surface area contributed by atoms with E-state index in [0.29, 0.717) is 12.4 Å². The molecule has 0 aromatic carbocycles. The van der Waals surface area contributed by atoms with E-state index in [1.807, 2.05) is 12.1 Å². The molecule has 0 radical (unpaired) electrons. The molecule has 4 aliphatic rings. The van der Waals surface area contributed by atoms with Crippen LogP contribution in [0.4, 0.5) is 0 Å². The predicted molar refractivity (Wildman–Crippen MR) is 71.5 cm³/mol. The van der Waals surface area contributed by atoms with Gasteiger partial charge in [-0.3, -0.25) is 0 Å². The monoisotopic (exact) mass is 259 g/mol. The Morgan fingerprint density at radius 3 is 2.16 bits per heavy atom. The quantitative estimate of drug-likeness (QED) is 0.904. The van der Waals surface area contributed by atoms with Gasteiger partial charge >= 0.3 is 0 Å². The first-order valence-electron chi connectivity index (χ1n) is 7.46. The molecule has 4 fully saturated rings. The summed E-state index contributed by atoms with van der Waals surface area (Å²) in [6.07, 6.45) is 7.96. The fourth-order valence-corrected chi connectivity index (χ4v) is 4.89. The molecule has 4 heteroatoms. The highest BCUT2D eigenvalue weighted by Crippen LogP contribution is 2.56. The summed E-state index contributed by atoms with van der Waals surface area (Å²) in [5.74, 6) is 3.35. The van der Waals surface area contributed by atoms with E-state index in [0.717, 1.165) is 23.4 Å². The Kier molecular flexibility index (Phi) is 2.56. The van der Waals surface area contributed by atoms with Crippen LogP contribution >= 0.6 is 0 Å². The number of nitrogens with two attached hydrogens (primary N) is 1. The van der Waals surface area contributed by atoms with Gasteiger partial charge < -0.3 is 10.5 Å². The molecule has 102 valence electrons. The first kappa shape index (κ1) is 11.6. The van der Waals surface area contributed by atoms with Crippen molar-refractivity contribution in [2.24, 2.45) is 23.5 Å². The van der Waals surface area contributed by atoms with Crippen molar-refractivity contribution in [1.82, 2.24) is 10.2 Å². The van der Waals surface area contributed by atoms with E-state index in [1.165, 1.54) is 38.5 Å². The lowest BCUT2D eigenvalue weighted by atomic mass is 9.54. The van der Waals surface area contributed by atoms with Gasteiger partial charge in [0, 0.05) is 12.6 Å². The van der Waals surface area contributed by atoms with Crippen molar-refractivity contribution in [3.63, 3.8) is 0 Å². The topological polar surface area (TPSA) is 61.0 Å². The molecule has 0 saturated heterocycles. The fraction of sp³-hybridized carbons (Fsp3) is 0.733. The van der Waals surface area contributed by atoms with Crippen LogP contribution in [-0.4, -0.2) is 15.8 Å². The SMILES string of the molecule is NCc1ccc(OC23CC4CC(CC(C4)C2)C3)nn1. The van der Waals surface area contributed by atoms with Crippen LogP contribution in [0.1, 0.15) is 44.2 Å². The first-order chi connectivity index (χ1) is 9.25. The minimum absolute atomic E-state index is 0.0632. The number of nitrogens with zero attached hydrogens (tertiary/aromatic N) is 2. The zero-order chi connectivity index (χ0) is 12.9. The molecule has 0 atom stereocenters. The summed E-state index contributed by atoms with van der Waals surface area (Å²) in [4.78, 5) is 0. The number of aromatic nitrogens is 2. The van der Waals surface area contributed by atoms with Gasteiger partial charge in [-0.1, -0.05) is 0 Å². The number of rotatable bonds is 3. The van der Waals surface area contributed by atoms with Gasteiger partial charge in [0.05, 0.1) is 5.69 Å². The fourth-order valence-electron chi connectivity index (χ4n) is 4.89. The first-order valence-corrected chi connectivity index (χ1v) is 7.46. The molecule has 0 aliphatic heterocycles. The molecule has 0 spiro atoms. The van der Waals surface area contributed by atoms with Crippen molar-refractivity contribution >= 4 is 0 Å². The van der Waals surface area contributed by atoms with E-state index in [9.17, 15) is 0 Å². The van der Waals surface area contributed by atoms with Crippen molar-refractivity contribution in [3.8, 4) is 5.88 Å². The maximum Gasteiger partial charge on any atom is 0.233 e. The molecule has 1 heterocycles. The normalized spacial score (nSPS) is 39.5. The number of hydrogen-bond acceptors (Lipinski definition) is 4. The van der Waals surface area contributed by atoms with Crippen LogP contribution in [0.3, 0.4) is 0 Å². The van der Waals surface area contributed by atoms with Crippen LogP contribution in [0.5, 0.6) is 5.88 Å². The highest BCUT2D eigenvalue weighted by molar-refractivity contribution is 5.15. The van der Waals surface area contributed by atoms with Crippen molar-refractivity contribution in [1.29, 1.82) is 0 Å². The van der Waals surface area contributed by atoms with E-state index in [1.54, 1.807) is 0 Å². The van der Waals surface area contributed by atoms with E-state index >= 15 is 0 Å². The van der Waals surface area contributed by atoms with Crippen molar-refractivity contribution in [3.05, 3.63) is 17.8 Å². The number of hydrogen-bond donors (Lipinski definition) is 1. The highest BCUT2D eigenvalue weighted by Gasteiger charge is 2.52. The molecule has 4 aliphatic carbocycles. The zero-order valence-corrected chi connectivity index (χ0v) is 11.2. The second kappa shape index (κ2) is 4.17. The molecule has 4 bridgehead atoms. The van der Waals surface area contributed by atoms with Crippen LogP contribution in [0.2, 0.25) is 0 Å². The molecule has 5 rings (SSSR count). The average Bonchev–Trinajstić information content (AvgIpc) is 2.37. The summed E-state index contributed by atoms with van der Waals surface area (Å²) in [6.45, 7) is 0.435. The van der Waals surface area contributed by atoms with Gasteiger partial charge in [-0.05, 0) is 62.3 Å². The summed E-state index contributed by atoms with van der Waals surface area (Å²) >= 11 is 0. The third-order valence-electron chi connectivity index (χ3n) is 5.21. The van der Waals surface area contributed by atoms with Crippen LogP contribution < -0.4 is 10.5 Å². The zero-order valence-electron chi connectivity index (χ0n) is 11.2. The van der Waals surface area contributed by atoms with E-state index < -0.39 is 0 Å². The largest absolute Gasteiger partial charge is 0.470 e. The van der Waals surface area contributed by atoms with E-state index in [4.69, 9.17) is 10.5 Å². The van der Waals surface area contributed by atoms with Crippen molar-refractivity contribution < 1.29 is 4.74 Å². The van der Waals surface area contributed by atoms with Gasteiger partial charge in [-0.25, -0.2) is 0 Å². The maximum atomic E-state index is 6.30. The second-order valence-corrected chi connectivity index (χ2v) is 6.77. The molecular weight excluding hydrogens is 238 g/mol. The Hall–Kier alpha value is -1.16. The number of ether oxygens (including phenoxy) is 1. The maximum absolute atomic E-state index is 6.30. The minimum atomic E-state index is 0.0632. The molecule has 0 amide bonds. The van der Waals surface area contributed by atoms with E-state index in [-0.39, 0.29) is 5.60 Å². The Labute approximate surface area is 113 Å². The molecule has 19 heavy (non-hydrogen) atoms. The van der Waals surface area contributed by atoms with Crippen molar-refractivity contribution in [2.75, 3.05) is 0 Å². The molecule has 2 N–H and O–H groups in total. The predicted octanol–water partition coefficient (Wildman–Crippen LogP) is 2.28. The van der Waals surface area contributed by atoms with Gasteiger partial charge in [0.15, 0.2) is 0 Å². The molecule has 1 aromatic heterocycles. The van der Waals surface area contributed by atoms with Crippen molar-refractivity contribution in [2.45, 2.75) is 50.7 Å². The van der Waals surface area contributed by atoms with E-state index in [2.05, 4.69) is 10.2 Å². The second-order valence-electron chi connectivity index (χ2n) is 6.77. The molecule has 1 aromatic rings. The summed E-state index contributed by atoms with van der Waals surface area (Å²) in [6, 6.07) is 3.84. The summed E-state index contributed by atoms with van der Waals surface area (Å²) in [7, 11) is 0. The van der Waals surface area contributed by atoms with Crippen LogP contribution in [0.25, 0.3) is 0 Å². The van der Waals surface area contributed by atoms with Gasteiger partial charge in [0.2, 0.25) is 5.88 Å². The summed E-state index contributed by atoms with van der Waals surface area (Å²) in [5, 5.41) is 8.27. The van der Waals surface area contributed by atoms with Gasteiger partial charge in [-0.2, -0.15) is 5.10 Å². The summed E-state index contributed by atoms with van der Waals surface area (Å²) in [5.41, 5.74) is 6.42.